The summed E-state index contributed by atoms with van der Waals surface area (Å²) in [7, 11) is -3.86. The SMILES string of the molecule is NS(=O)(=O)c1cccnc1NCC(O)CN1CCc2ccccc2C1. The highest BCUT2D eigenvalue weighted by atomic mass is 32.2. The number of aliphatic hydroxyl groups excluding tert-OH is 1. The molecule has 0 amide bonds. The number of β-amino-alcohol motifs (C(OH)–C–C–N with tert-alkyl or cyclic N) is 1. The lowest BCUT2D eigenvalue weighted by molar-refractivity contribution is 0.114. The molecule has 1 unspecified atom stereocenters. The van der Waals surface area contributed by atoms with Crippen molar-refractivity contribution in [1.29, 1.82) is 0 Å². The minimum atomic E-state index is -3.86. The van der Waals surface area contributed by atoms with Crippen molar-refractivity contribution >= 4 is 15.8 Å². The molecule has 0 spiro atoms. The van der Waals surface area contributed by atoms with E-state index >= 15 is 0 Å². The van der Waals surface area contributed by atoms with E-state index < -0.39 is 16.1 Å². The number of anilines is 1. The Labute approximate surface area is 147 Å². The number of sulfonamides is 1. The molecule has 1 atom stereocenters. The summed E-state index contributed by atoms with van der Waals surface area (Å²) in [5, 5.41) is 18.4. The first kappa shape index (κ1) is 17.8. The Balaban J connectivity index is 1.57. The maximum absolute atomic E-state index is 11.6. The topological polar surface area (TPSA) is 109 Å². The third-order valence-corrected chi connectivity index (χ3v) is 5.20. The van der Waals surface area contributed by atoms with Crippen LogP contribution in [0.4, 0.5) is 5.82 Å². The molecule has 3 rings (SSSR count). The summed E-state index contributed by atoms with van der Waals surface area (Å²) >= 11 is 0. The van der Waals surface area contributed by atoms with Crippen molar-refractivity contribution < 1.29 is 13.5 Å². The van der Waals surface area contributed by atoms with Crippen LogP contribution in [0.3, 0.4) is 0 Å². The molecule has 0 fully saturated rings. The summed E-state index contributed by atoms with van der Waals surface area (Å²) in [5.74, 6) is 0.160. The number of nitrogens with two attached hydrogens (primary N) is 1. The van der Waals surface area contributed by atoms with Gasteiger partial charge in [0.1, 0.15) is 10.7 Å². The molecule has 1 aromatic carbocycles. The molecule has 0 saturated heterocycles. The number of primary sulfonamides is 1. The van der Waals surface area contributed by atoms with Gasteiger partial charge in [-0.2, -0.15) is 0 Å². The zero-order valence-electron chi connectivity index (χ0n) is 13.8. The van der Waals surface area contributed by atoms with Gasteiger partial charge in [-0.3, -0.25) is 4.90 Å². The Hall–Kier alpha value is -2.00. The van der Waals surface area contributed by atoms with Crippen LogP contribution in [0.5, 0.6) is 0 Å². The molecule has 8 heteroatoms. The highest BCUT2D eigenvalue weighted by molar-refractivity contribution is 7.89. The molecule has 0 saturated carbocycles. The third-order valence-electron chi connectivity index (χ3n) is 4.26. The fraction of sp³-hybridized carbons (Fsp3) is 0.353. The predicted molar refractivity (Wildman–Crippen MR) is 95.5 cm³/mol. The van der Waals surface area contributed by atoms with Gasteiger partial charge in [-0.25, -0.2) is 18.5 Å². The standard InChI is InChI=1S/C17H22N4O3S/c18-25(23,24)16-6-3-8-19-17(16)20-10-15(22)12-21-9-7-13-4-1-2-5-14(13)11-21/h1-6,8,15,22H,7,9-12H2,(H,19,20)(H2,18,23,24). The van der Waals surface area contributed by atoms with Crippen molar-refractivity contribution in [1.82, 2.24) is 9.88 Å². The van der Waals surface area contributed by atoms with Gasteiger partial charge in [-0.15, -0.1) is 0 Å². The van der Waals surface area contributed by atoms with E-state index in [9.17, 15) is 13.5 Å². The fourth-order valence-corrected chi connectivity index (χ4v) is 3.70. The van der Waals surface area contributed by atoms with Crippen LogP contribution in [0.2, 0.25) is 0 Å². The molecule has 134 valence electrons. The maximum atomic E-state index is 11.6. The van der Waals surface area contributed by atoms with Crippen molar-refractivity contribution in [2.45, 2.75) is 24.0 Å². The van der Waals surface area contributed by atoms with Crippen molar-refractivity contribution in [2.24, 2.45) is 5.14 Å². The number of nitrogens with zero attached hydrogens (tertiary/aromatic N) is 2. The first-order valence-electron chi connectivity index (χ1n) is 8.12. The average Bonchev–Trinajstić information content (AvgIpc) is 2.59. The Morgan fingerprint density at radius 3 is 2.76 bits per heavy atom. The summed E-state index contributed by atoms with van der Waals surface area (Å²) in [5.41, 5.74) is 2.65. The zero-order chi connectivity index (χ0) is 17.9. The minimum Gasteiger partial charge on any atom is -0.390 e. The van der Waals surface area contributed by atoms with E-state index in [0.717, 1.165) is 19.5 Å². The Morgan fingerprint density at radius 2 is 2.00 bits per heavy atom. The van der Waals surface area contributed by atoms with Crippen LogP contribution in [-0.4, -0.2) is 49.1 Å². The molecule has 1 aromatic heterocycles. The van der Waals surface area contributed by atoms with E-state index in [2.05, 4.69) is 27.3 Å². The van der Waals surface area contributed by atoms with E-state index in [1.54, 1.807) is 0 Å². The van der Waals surface area contributed by atoms with Crippen molar-refractivity contribution in [3.8, 4) is 0 Å². The van der Waals surface area contributed by atoms with E-state index in [4.69, 9.17) is 5.14 Å². The number of aliphatic hydroxyl groups is 1. The average molecular weight is 362 g/mol. The van der Waals surface area contributed by atoms with Gasteiger partial charge in [0.25, 0.3) is 0 Å². The van der Waals surface area contributed by atoms with Gasteiger partial charge < -0.3 is 10.4 Å². The summed E-state index contributed by atoms with van der Waals surface area (Å²) in [4.78, 5) is 6.11. The smallest absolute Gasteiger partial charge is 0.241 e. The minimum absolute atomic E-state index is 0.0749. The highest BCUT2D eigenvalue weighted by Gasteiger charge is 2.19. The summed E-state index contributed by atoms with van der Waals surface area (Å²) in [6, 6.07) is 11.2. The first-order chi connectivity index (χ1) is 11.9. The molecule has 1 aliphatic rings. The number of nitrogens with one attached hydrogen (secondary N) is 1. The number of aromatic nitrogens is 1. The second kappa shape index (κ2) is 7.49. The lowest BCUT2D eigenvalue weighted by Crippen LogP contribution is -2.39. The summed E-state index contributed by atoms with van der Waals surface area (Å²) in [6.07, 6.45) is 1.79. The van der Waals surface area contributed by atoms with Crippen LogP contribution in [0.25, 0.3) is 0 Å². The maximum Gasteiger partial charge on any atom is 0.241 e. The van der Waals surface area contributed by atoms with Gasteiger partial charge in [0, 0.05) is 32.4 Å². The molecule has 4 N–H and O–H groups in total. The van der Waals surface area contributed by atoms with Crippen molar-refractivity contribution in [3.63, 3.8) is 0 Å². The quantitative estimate of drug-likeness (QED) is 0.693. The van der Waals surface area contributed by atoms with Crippen LogP contribution in [-0.2, 0) is 23.0 Å². The number of benzene rings is 1. The normalized spacial score (nSPS) is 16.2. The molecular formula is C17H22N4O3S. The molecule has 2 heterocycles. The van der Waals surface area contributed by atoms with Crippen LogP contribution in [0, 0.1) is 0 Å². The van der Waals surface area contributed by atoms with E-state index in [1.807, 2.05) is 12.1 Å². The van der Waals surface area contributed by atoms with Gasteiger partial charge in [0.2, 0.25) is 10.0 Å². The van der Waals surface area contributed by atoms with Gasteiger partial charge >= 0.3 is 0 Å². The lowest BCUT2D eigenvalue weighted by atomic mass is 10.00. The number of pyridine rings is 1. The Bertz CT molecular complexity index is 841. The molecule has 1 aliphatic heterocycles. The van der Waals surface area contributed by atoms with Crippen molar-refractivity contribution in [2.75, 3.05) is 25.0 Å². The molecular weight excluding hydrogens is 340 g/mol. The number of fused-ring (bicyclic) bond motifs is 1. The van der Waals surface area contributed by atoms with Crippen molar-refractivity contribution in [3.05, 3.63) is 53.7 Å². The monoisotopic (exact) mass is 362 g/mol. The van der Waals surface area contributed by atoms with Crippen LogP contribution < -0.4 is 10.5 Å². The Kier molecular flexibility index (Phi) is 5.33. The van der Waals surface area contributed by atoms with Crippen LogP contribution in [0.1, 0.15) is 11.1 Å². The first-order valence-corrected chi connectivity index (χ1v) is 9.67. The summed E-state index contributed by atoms with van der Waals surface area (Å²) in [6.45, 7) is 2.38. The predicted octanol–water partition coefficient (Wildman–Crippen LogP) is 0.560. The van der Waals surface area contributed by atoms with Gasteiger partial charge in [-0.1, -0.05) is 24.3 Å². The summed E-state index contributed by atoms with van der Waals surface area (Å²) < 4.78 is 23.1. The van der Waals surface area contributed by atoms with Gasteiger partial charge in [0.05, 0.1) is 6.10 Å². The van der Waals surface area contributed by atoms with Gasteiger partial charge in [0.15, 0.2) is 0 Å². The molecule has 0 radical (unpaired) electrons. The zero-order valence-corrected chi connectivity index (χ0v) is 14.6. The van der Waals surface area contributed by atoms with E-state index in [-0.39, 0.29) is 17.3 Å². The number of hydrogen-bond acceptors (Lipinski definition) is 6. The fourth-order valence-electron chi connectivity index (χ4n) is 3.04. The number of hydrogen-bond donors (Lipinski definition) is 3. The second-order valence-electron chi connectivity index (χ2n) is 6.18. The van der Waals surface area contributed by atoms with Gasteiger partial charge in [-0.05, 0) is 29.7 Å². The second-order valence-corrected chi connectivity index (χ2v) is 7.71. The molecule has 7 nitrogen and oxygen atoms in total. The van der Waals surface area contributed by atoms with Crippen LogP contribution >= 0.6 is 0 Å². The molecule has 0 aliphatic carbocycles. The van der Waals surface area contributed by atoms with E-state index in [0.29, 0.717) is 6.54 Å². The highest BCUT2D eigenvalue weighted by Crippen LogP contribution is 2.19. The molecule has 25 heavy (non-hydrogen) atoms. The number of rotatable bonds is 6. The molecule has 2 aromatic rings. The lowest BCUT2D eigenvalue weighted by Gasteiger charge is -2.30. The molecule has 0 bridgehead atoms. The van der Waals surface area contributed by atoms with E-state index in [1.165, 1.54) is 29.5 Å². The van der Waals surface area contributed by atoms with Crippen LogP contribution in [0.15, 0.2) is 47.5 Å². The Morgan fingerprint density at radius 1 is 1.24 bits per heavy atom. The third kappa shape index (κ3) is 4.55. The largest absolute Gasteiger partial charge is 0.390 e.